The fourth-order valence-electron chi connectivity index (χ4n) is 2.82. The van der Waals surface area contributed by atoms with Gasteiger partial charge in [0.05, 0.1) is 19.2 Å². The number of aliphatic hydroxyl groups is 1. The van der Waals surface area contributed by atoms with Crippen LogP contribution in [0.25, 0.3) is 0 Å². The number of halogens is 1. The van der Waals surface area contributed by atoms with Gasteiger partial charge in [-0.2, -0.15) is 0 Å². The van der Waals surface area contributed by atoms with E-state index in [0.717, 1.165) is 5.56 Å². The monoisotopic (exact) mass is 389 g/mol. The topological polar surface area (TPSA) is 75.6 Å². The minimum atomic E-state index is -1.87. The number of rotatable bonds is 4. The Balaban J connectivity index is 1.94. The maximum Gasteiger partial charge on any atom is 0.261 e. The molecule has 24 heavy (non-hydrogen) atoms. The molecular weight excluding hydrogens is 374 g/mol. The molecule has 0 saturated carbocycles. The summed E-state index contributed by atoms with van der Waals surface area (Å²) in [6.07, 6.45) is -0.325. The molecule has 0 spiro atoms. The zero-order valence-corrected chi connectivity index (χ0v) is 14.8. The van der Waals surface area contributed by atoms with Crippen molar-refractivity contribution in [3.63, 3.8) is 0 Å². The summed E-state index contributed by atoms with van der Waals surface area (Å²) in [6.45, 7) is 1.86. The Bertz CT molecular complexity index is 832. The van der Waals surface area contributed by atoms with Crippen LogP contribution in [0.4, 0.5) is 5.69 Å². The van der Waals surface area contributed by atoms with Crippen molar-refractivity contribution < 1.29 is 19.4 Å². The first kappa shape index (κ1) is 16.7. The summed E-state index contributed by atoms with van der Waals surface area (Å²) in [6, 6.07) is 10.1. The lowest BCUT2D eigenvalue weighted by molar-refractivity contribution is -0.133. The quantitative estimate of drug-likeness (QED) is 0.787. The minimum Gasteiger partial charge on any atom is -0.497 e. The Morgan fingerprint density at radius 2 is 1.96 bits per heavy atom. The lowest BCUT2D eigenvalue weighted by Gasteiger charge is -2.20. The number of ketones is 1. The molecule has 124 valence electrons. The summed E-state index contributed by atoms with van der Waals surface area (Å²) in [5, 5.41) is 13.6. The van der Waals surface area contributed by atoms with Crippen LogP contribution in [0.3, 0.4) is 0 Å². The number of ether oxygens (including phenoxy) is 1. The number of hydrogen-bond acceptors (Lipinski definition) is 4. The van der Waals surface area contributed by atoms with E-state index in [1.165, 1.54) is 0 Å². The molecule has 0 bridgehead atoms. The van der Waals surface area contributed by atoms with Crippen molar-refractivity contribution in [1.29, 1.82) is 0 Å². The highest BCUT2D eigenvalue weighted by atomic mass is 79.9. The molecule has 1 aliphatic heterocycles. The molecule has 2 N–H and O–H groups in total. The number of benzene rings is 2. The highest BCUT2D eigenvalue weighted by Gasteiger charge is 2.47. The second-order valence-corrected chi connectivity index (χ2v) is 6.67. The van der Waals surface area contributed by atoms with Crippen LogP contribution in [0.1, 0.15) is 27.9 Å². The molecule has 6 heteroatoms. The van der Waals surface area contributed by atoms with Crippen molar-refractivity contribution in [3.8, 4) is 5.75 Å². The Kier molecular flexibility index (Phi) is 4.19. The maximum absolute atomic E-state index is 12.5. The molecule has 0 saturated heterocycles. The molecule has 1 aliphatic rings. The van der Waals surface area contributed by atoms with Gasteiger partial charge in [0, 0.05) is 15.6 Å². The van der Waals surface area contributed by atoms with E-state index >= 15 is 0 Å². The fourth-order valence-corrected chi connectivity index (χ4v) is 3.50. The highest BCUT2D eigenvalue weighted by Crippen LogP contribution is 2.43. The molecule has 5 nitrogen and oxygen atoms in total. The summed E-state index contributed by atoms with van der Waals surface area (Å²) < 4.78 is 5.74. The van der Waals surface area contributed by atoms with Crippen molar-refractivity contribution >= 4 is 33.3 Å². The number of anilines is 1. The third-order valence-electron chi connectivity index (χ3n) is 4.12. The molecule has 2 aromatic carbocycles. The second kappa shape index (κ2) is 6.03. The third kappa shape index (κ3) is 2.72. The van der Waals surface area contributed by atoms with E-state index in [1.54, 1.807) is 37.4 Å². The molecule has 0 fully saturated rings. The number of aryl methyl sites for hydroxylation is 1. The molecule has 0 unspecified atom stereocenters. The fraction of sp³-hybridized carbons (Fsp3) is 0.222. The Morgan fingerprint density at radius 3 is 2.58 bits per heavy atom. The van der Waals surface area contributed by atoms with Crippen molar-refractivity contribution in [3.05, 3.63) is 57.6 Å². The van der Waals surface area contributed by atoms with E-state index in [0.29, 0.717) is 27.0 Å². The molecule has 1 heterocycles. The summed E-state index contributed by atoms with van der Waals surface area (Å²) in [4.78, 5) is 24.9. The van der Waals surface area contributed by atoms with Gasteiger partial charge in [0.1, 0.15) is 5.75 Å². The third-order valence-corrected chi connectivity index (χ3v) is 4.75. The van der Waals surface area contributed by atoms with Crippen molar-refractivity contribution in [2.45, 2.75) is 18.9 Å². The lowest BCUT2D eigenvalue weighted by Crippen LogP contribution is -2.36. The van der Waals surface area contributed by atoms with E-state index in [1.807, 2.05) is 13.0 Å². The van der Waals surface area contributed by atoms with E-state index in [4.69, 9.17) is 4.74 Å². The number of methoxy groups -OCH3 is 1. The molecule has 2 aromatic rings. The van der Waals surface area contributed by atoms with Crippen LogP contribution in [0.5, 0.6) is 5.75 Å². The lowest BCUT2D eigenvalue weighted by atomic mass is 9.87. The van der Waals surface area contributed by atoms with E-state index in [2.05, 4.69) is 21.2 Å². The number of hydrogen-bond donors (Lipinski definition) is 2. The first-order valence-corrected chi connectivity index (χ1v) is 8.16. The average molecular weight is 390 g/mol. The first-order valence-electron chi connectivity index (χ1n) is 7.37. The summed E-state index contributed by atoms with van der Waals surface area (Å²) in [5.41, 5.74) is 0.349. The predicted octanol–water partition coefficient (Wildman–Crippen LogP) is 3.18. The van der Waals surface area contributed by atoms with Gasteiger partial charge in [-0.15, -0.1) is 0 Å². The average Bonchev–Trinajstić information content (AvgIpc) is 2.80. The van der Waals surface area contributed by atoms with Crippen LogP contribution in [0.15, 0.2) is 40.9 Å². The molecule has 0 radical (unpaired) electrons. The SMILES string of the molecule is COc1ccc(C(=O)C[C@]2(O)C(=O)Nc3c(Br)cc(C)cc32)cc1. The van der Waals surface area contributed by atoms with Gasteiger partial charge in [0.25, 0.3) is 5.91 Å². The van der Waals surface area contributed by atoms with Crippen LogP contribution in [0.2, 0.25) is 0 Å². The summed E-state index contributed by atoms with van der Waals surface area (Å²) >= 11 is 3.38. The standard InChI is InChI=1S/C18H16BrNO4/c1-10-7-13-16(14(19)8-10)20-17(22)18(13,23)9-15(21)11-3-5-12(24-2)6-4-11/h3-8,23H,9H2,1-2H3,(H,20,22)/t18-/m1/s1. The van der Waals surface area contributed by atoms with Crippen molar-refractivity contribution in [2.75, 3.05) is 12.4 Å². The molecule has 1 atom stereocenters. The number of fused-ring (bicyclic) bond motifs is 1. The number of carbonyl (C=O) groups is 2. The molecular formula is C18H16BrNO4. The number of carbonyl (C=O) groups excluding carboxylic acids is 2. The van der Waals surface area contributed by atoms with E-state index in [9.17, 15) is 14.7 Å². The molecule has 1 amide bonds. The molecule has 3 rings (SSSR count). The van der Waals surface area contributed by atoms with Gasteiger partial charge in [0.15, 0.2) is 11.4 Å². The van der Waals surface area contributed by atoms with Gasteiger partial charge in [-0.25, -0.2) is 0 Å². The van der Waals surface area contributed by atoms with E-state index in [-0.39, 0.29) is 12.2 Å². The number of Topliss-reactive ketones (excluding diaryl/α,β-unsaturated/α-hetero) is 1. The summed E-state index contributed by atoms with van der Waals surface area (Å²) in [7, 11) is 1.54. The molecule has 0 aromatic heterocycles. The molecule has 0 aliphatic carbocycles. The van der Waals surface area contributed by atoms with Gasteiger partial charge in [0.2, 0.25) is 0 Å². The Hall–Kier alpha value is -2.18. The Labute approximate surface area is 147 Å². The van der Waals surface area contributed by atoms with Gasteiger partial charge in [-0.05, 0) is 58.7 Å². The van der Waals surface area contributed by atoms with Crippen molar-refractivity contribution in [1.82, 2.24) is 0 Å². The van der Waals surface area contributed by atoms with Gasteiger partial charge >= 0.3 is 0 Å². The minimum absolute atomic E-state index is 0.319. The van der Waals surface area contributed by atoms with Crippen molar-refractivity contribution in [2.24, 2.45) is 0 Å². The normalized spacial score (nSPS) is 18.9. The van der Waals surface area contributed by atoms with Gasteiger partial charge in [-0.3, -0.25) is 9.59 Å². The predicted molar refractivity (Wildman–Crippen MR) is 93.3 cm³/mol. The van der Waals surface area contributed by atoms with Gasteiger partial charge in [-0.1, -0.05) is 6.07 Å². The Morgan fingerprint density at radius 1 is 1.29 bits per heavy atom. The van der Waals surface area contributed by atoms with Crippen LogP contribution in [-0.4, -0.2) is 23.9 Å². The first-order chi connectivity index (χ1) is 11.3. The number of nitrogens with one attached hydrogen (secondary N) is 1. The van der Waals surface area contributed by atoms with Crippen LogP contribution in [0, 0.1) is 6.92 Å². The maximum atomic E-state index is 12.5. The largest absolute Gasteiger partial charge is 0.497 e. The van der Waals surface area contributed by atoms with Crippen LogP contribution >= 0.6 is 15.9 Å². The van der Waals surface area contributed by atoms with Crippen LogP contribution in [-0.2, 0) is 10.4 Å². The van der Waals surface area contributed by atoms with E-state index < -0.39 is 11.5 Å². The number of amides is 1. The van der Waals surface area contributed by atoms with Gasteiger partial charge < -0.3 is 15.2 Å². The summed E-state index contributed by atoms with van der Waals surface area (Å²) in [5.74, 6) is -0.278. The highest BCUT2D eigenvalue weighted by molar-refractivity contribution is 9.10. The second-order valence-electron chi connectivity index (χ2n) is 5.81. The zero-order valence-electron chi connectivity index (χ0n) is 13.2. The van der Waals surface area contributed by atoms with Crippen LogP contribution < -0.4 is 10.1 Å². The zero-order chi connectivity index (χ0) is 17.5. The smallest absolute Gasteiger partial charge is 0.261 e.